The number of aromatic nitrogens is 1. The topological polar surface area (TPSA) is 71.1 Å². The van der Waals surface area contributed by atoms with E-state index in [2.05, 4.69) is 28.6 Å². The molecule has 1 heterocycles. The van der Waals surface area contributed by atoms with Crippen molar-refractivity contribution in [2.75, 3.05) is 11.9 Å². The molecule has 1 aromatic heterocycles. The number of fused-ring (bicyclic) bond motifs is 1. The van der Waals surface area contributed by atoms with E-state index < -0.39 is 0 Å². The number of benzene rings is 2. The predicted molar refractivity (Wildman–Crippen MR) is 101 cm³/mol. The molecule has 2 N–H and O–H groups in total. The molecule has 0 spiro atoms. The molecule has 0 fully saturated rings. The zero-order chi connectivity index (χ0) is 17.8. The lowest BCUT2D eigenvalue weighted by Crippen LogP contribution is -2.27. The van der Waals surface area contributed by atoms with Crippen molar-refractivity contribution in [2.45, 2.75) is 19.8 Å². The highest BCUT2D eigenvalue weighted by Crippen LogP contribution is 2.26. The first-order chi connectivity index (χ1) is 12.0. The smallest absolute Gasteiger partial charge is 0.251 e. The molecule has 2 amide bonds. The number of para-hydroxylation sites is 1. The Bertz CT molecular complexity index is 869. The molecule has 2 aromatic carbocycles. The van der Waals surface area contributed by atoms with E-state index in [0.717, 1.165) is 15.2 Å². The maximum atomic E-state index is 12.3. The molecule has 128 valence electrons. The van der Waals surface area contributed by atoms with Crippen molar-refractivity contribution < 1.29 is 9.59 Å². The SMILES string of the molecule is CC(=O)Nc1ccc(C(=O)NCC(C)c2nc3ccccc3s2)cc1. The molecule has 1 atom stereocenters. The van der Waals surface area contributed by atoms with E-state index in [1.165, 1.54) is 6.92 Å². The Labute approximate surface area is 150 Å². The molecular weight excluding hydrogens is 334 g/mol. The molecule has 3 rings (SSSR count). The van der Waals surface area contributed by atoms with Crippen LogP contribution in [0.2, 0.25) is 0 Å². The van der Waals surface area contributed by atoms with Crippen LogP contribution in [0.3, 0.4) is 0 Å². The van der Waals surface area contributed by atoms with Gasteiger partial charge in [-0.05, 0) is 36.4 Å². The van der Waals surface area contributed by atoms with Crippen LogP contribution in [0, 0.1) is 0 Å². The number of carbonyl (C=O) groups excluding carboxylic acids is 2. The highest BCUT2D eigenvalue weighted by atomic mass is 32.1. The summed E-state index contributed by atoms with van der Waals surface area (Å²) in [6.45, 7) is 4.02. The summed E-state index contributed by atoms with van der Waals surface area (Å²) in [5, 5.41) is 6.64. The van der Waals surface area contributed by atoms with E-state index in [0.29, 0.717) is 17.8 Å². The van der Waals surface area contributed by atoms with Crippen molar-refractivity contribution in [1.82, 2.24) is 10.3 Å². The first kappa shape index (κ1) is 17.1. The molecule has 5 nitrogen and oxygen atoms in total. The van der Waals surface area contributed by atoms with Gasteiger partial charge >= 0.3 is 0 Å². The zero-order valence-corrected chi connectivity index (χ0v) is 14.9. The number of nitrogens with one attached hydrogen (secondary N) is 2. The number of anilines is 1. The first-order valence-corrected chi connectivity index (χ1v) is 8.86. The highest BCUT2D eigenvalue weighted by molar-refractivity contribution is 7.18. The zero-order valence-electron chi connectivity index (χ0n) is 14.1. The molecule has 1 unspecified atom stereocenters. The summed E-state index contributed by atoms with van der Waals surface area (Å²) in [7, 11) is 0. The highest BCUT2D eigenvalue weighted by Gasteiger charge is 2.13. The van der Waals surface area contributed by atoms with E-state index in [1.807, 2.05) is 18.2 Å². The van der Waals surface area contributed by atoms with E-state index in [9.17, 15) is 9.59 Å². The molecule has 3 aromatic rings. The van der Waals surface area contributed by atoms with Crippen molar-refractivity contribution in [3.05, 3.63) is 59.1 Å². The largest absolute Gasteiger partial charge is 0.351 e. The van der Waals surface area contributed by atoms with Gasteiger partial charge < -0.3 is 10.6 Å². The standard InChI is InChI=1S/C19H19N3O2S/c1-12(19-22-16-5-3-4-6-17(16)25-19)11-20-18(24)14-7-9-15(10-8-14)21-13(2)23/h3-10,12H,11H2,1-2H3,(H,20,24)(H,21,23). The fourth-order valence-electron chi connectivity index (χ4n) is 2.44. The second-order valence-corrected chi connectivity index (χ2v) is 6.95. The quantitative estimate of drug-likeness (QED) is 0.733. The Hall–Kier alpha value is -2.73. The molecule has 0 saturated carbocycles. The Morgan fingerprint density at radius 2 is 1.84 bits per heavy atom. The van der Waals surface area contributed by atoms with Crippen molar-refractivity contribution in [1.29, 1.82) is 0 Å². The monoisotopic (exact) mass is 353 g/mol. The lowest BCUT2D eigenvalue weighted by atomic mass is 10.1. The Balaban J connectivity index is 1.60. The van der Waals surface area contributed by atoms with Crippen LogP contribution in [0.4, 0.5) is 5.69 Å². The third-order valence-corrected chi connectivity index (χ3v) is 5.04. The summed E-state index contributed by atoms with van der Waals surface area (Å²) >= 11 is 1.66. The van der Waals surface area contributed by atoms with E-state index in [4.69, 9.17) is 0 Å². The van der Waals surface area contributed by atoms with Gasteiger partial charge in [0.15, 0.2) is 0 Å². The van der Waals surface area contributed by atoms with Crippen LogP contribution in [0.25, 0.3) is 10.2 Å². The van der Waals surface area contributed by atoms with Crippen LogP contribution in [0.15, 0.2) is 48.5 Å². The normalized spacial score (nSPS) is 11.9. The first-order valence-electron chi connectivity index (χ1n) is 8.04. The molecule has 0 bridgehead atoms. The van der Waals surface area contributed by atoms with E-state index >= 15 is 0 Å². The summed E-state index contributed by atoms with van der Waals surface area (Å²) in [6, 6.07) is 14.9. The van der Waals surface area contributed by atoms with Crippen molar-refractivity contribution in [2.24, 2.45) is 0 Å². The average molecular weight is 353 g/mol. The lowest BCUT2D eigenvalue weighted by Gasteiger charge is -2.10. The average Bonchev–Trinajstić information content (AvgIpc) is 3.03. The van der Waals surface area contributed by atoms with Crippen LogP contribution >= 0.6 is 11.3 Å². The number of carbonyl (C=O) groups is 2. The molecule has 6 heteroatoms. The molecular formula is C19H19N3O2S. The van der Waals surface area contributed by atoms with Crippen LogP contribution in [0.5, 0.6) is 0 Å². The van der Waals surface area contributed by atoms with E-state index in [-0.39, 0.29) is 17.7 Å². The second-order valence-electron chi connectivity index (χ2n) is 5.89. The van der Waals surface area contributed by atoms with Gasteiger partial charge in [0.25, 0.3) is 5.91 Å². The molecule has 0 aliphatic carbocycles. The Kier molecular flexibility index (Phi) is 5.09. The second kappa shape index (κ2) is 7.44. The minimum Gasteiger partial charge on any atom is -0.351 e. The molecule has 0 aliphatic heterocycles. The number of thiazole rings is 1. The third kappa shape index (κ3) is 4.22. The van der Waals surface area contributed by atoms with Gasteiger partial charge in [0, 0.05) is 30.6 Å². The molecule has 25 heavy (non-hydrogen) atoms. The van der Waals surface area contributed by atoms with Gasteiger partial charge in [-0.15, -0.1) is 11.3 Å². The summed E-state index contributed by atoms with van der Waals surface area (Å²) in [5.74, 6) is -0.135. The van der Waals surface area contributed by atoms with Gasteiger partial charge in [0.2, 0.25) is 5.91 Å². The van der Waals surface area contributed by atoms with Gasteiger partial charge in [0.1, 0.15) is 0 Å². The van der Waals surface area contributed by atoms with Crippen molar-refractivity contribution >= 4 is 39.1 Å². The van der Waals surface area contributed by atoms with Crippen LogP contribution < -0.4 is 10.6 Å². The Morgan fingerprint density at radius 1 is 1.12 bits per heavy atom. The Morgan fingerprint density at radius 3 is 2.52 bits per heavy atom. The summed E-state index contributed by atoms with van der Waals surface area (Å²) in [5.41, 5.74) is 2.23. The van der Waals surface area contributed by atoms with Gasteiger partial charge in [0.05, 0.1) is 15.2 Å². The summed E-state index contributed by atoms with van der Waals surface area (Å²) in [6.07, 6.45) is 0. The number of hydrogen-bond donors (Lipinski definition) is 2. The predicted octanol–water partition coefficient (Wildman–Crippen LogP) is 3.79. The number of rotatable bonds is 5. The van der Waals surface area contributed by atoms with Gasteiger partial charge in [-0.2, -0.15) is 0 Å². The fraction of sp³-hybridized carbons (Fsp3) is 0.211. The minimum absolute atomic E-state index is 0.137. The van der Waals surface area contributed by atoms with Gasteiger partial charge in [-0.1, -0.05) is 19.1 Å². The lowest BCUT2D eigenvalue weighted by molar-refractivity contribution is -0.114. The minimum atomic E-state index is -0.137. The summed E-state index contributed by atoms with van der Waals surface area (Å²) < 4.78 is 1.16. The van der Waals surface area contributed by atoms with Crippen LogP contribution in [0.1, 0.15) is 35.1 Å². The maximum absolute atomic E-state index is 12.3. The maximum Gasteiger partial charge on any atom is 0.251 e. The van der Waals surface area contributed by atoms with Gasteiger partial charge in [-0.3, -0.25) is 9.59 Å². The fourth-order valence-corrected chi connectivity index (χ4v) is 3.46. The van der Waals surface area contributed by atoms with Crippen LogP contribution in [-0.4, -0.2) is 23.3 Å². The van der Waals surface area contributed by atoms with Crippen molar-refractivity contribution in [3.63, 3.8) is 0 Å². The molecule has 0 aliphatic rings. The van der Waals surface area contributed by atoms with E-state index in [1.54, 1.807) is 35.6 Å². The molecule has 0 radical (unpaired) electrons. The number of nitrogens with zero attached hydrogens (tertiary/aromatic N) is 1. The third-order valence-electron chi connectivity index (χ3n) is 3.77. The molecule has 0 saturated heterocycles. The summed E-state index contributed by atoms with van der Waals surface area (Å²) in [4.78, 5) is 27.9. The van der Waals surface area contributed by atoms with Gasteiger partial charge in [-0.25, -0.2) is 4.98 Å². The van der Waals surface area contributed by atoms with Crippen molar-refractivity contribution in [3.8, 4) is 0 Å². The number of amides is 2. The number of hydrogen-bond acceptors (Lipinski definition) is 4. The van der Waals surface area contributed by atoms with Crippen LogP contribution in [-0.2, 0) is 4.79 Å².